The molecular formula is C22H33NO12S2. The topological polar surface area (TPSA) is 170 Å². The summed E-state index contributed by atoms with van der Waals surface area (Å²) in [4.78, 5) is 70.9. The summed E-state index contributed by atoms with van der Waals surface area (Å²) in [7, 11) is 3.40. The van der Waals surface area contributed by atoms with Gasteiger partial charge in [0.2, 0.25) is 10.8 Å². The minimum absolute atomic E-state index is 0.229. The van der Waals surface area contributed by atoms with Gasteiger partial charge in [0.15, 0.2) is 12.2 Å². The van der Waals surface area contributed by atoms with Crippen LogP contribution in [-0.2, 0) is 57.2 Å². The van der Waals surface area contributed by atoms with Crippen LogP contribution in [-0.4, -0.2) is 90.6 Å². The molecule has 1 heterocycles. The molecule has 0 bridgehead atoms. The standard InChI is InChI=1S/C22H33NO12S2/c1-8-36-37-22(21(29)30-7)9-16(32-13(4)26)18(23-11(2)24)20(35-22)19(34-15(6)28)17(33-14(5)27)10-31-12(3)25/h16-20H,8-10H2,1-7H3,(H,23,24)/t16-,17+,18+,19+,20+,22-/m0/s1. The maximum absolute atomic E-state index is 13.0. The lowest BCUT2D eigenvalue weighted by molar-refractivity contribution is -0.223. The maximum atomic E-state index is 13.0. The number of esters is 5. The highest BCUT2D eigenvalue weighted by molar-refractivity contribution is 8.77. The molecule has 13 nitrogen and oxygen atoms in total. The highest BCUT2D eigenvalue weighted by Gasteiger charge is 2.58. The third kappa shape index (κ3) is 10.0. The molecule has 0 radical (unpaired) electrons. The van der Waals surface area contributed by atoms with E-state index in [2.05, 4.69) is 5.32 Å². The van der Waals surface area contributed by atoms with Crippen molar-refractivity contribution >= 4 is 57.3 Å². The van der Waals surface area contributed by atoms with Crippen LogP contribution in [0.1, 0.15) is 48.0 Å². The highest BCUT2D eigenvalue weighted by atomic mass is 33.1. The molecular weight excluding hydrogens is 534 g/mol. The minimum Gasteiger partial charge on any atom is -0.466 e. The lowest BCUT2D eigenvalue weighted by Gasteiger charge is -2.48. The van der Waals surface area contributed by atoms with Gasteiger partial charge in [-0.1, -0.05) is 17.7 Å². The molecule has 1 amide bonds. The van der Waals surface area contributed by atoms with E-state index in [1.165, 1.54) is 17.7 Å². The summed E-state index contributed by atoms with van der Waals surface area (Å²) in [6, 6.07) is -1.17. The average Bonchev–Trinajstić information content (AvgIpc) is 2.78. The summed E-state index contributed by atoms with van der Waals surface area (Å²) in [5.41, 5.74) is 0. The summed E-state index contributed by atoms with van der Waals surface area (Å²) in [5.74, 6) is -3.88. The number of hydrogen-bond acceptors (Lipinski definition) is 14. The fourth-order valence-electron chi connectivity index (χ4n) is 3.64. The van der Waals surface area contributed by atoms with Crippen LogP contribution in [0.2, 0.25) is 0 Å². The number of nitrogens with one attached hydrogen (secondary N) is 1. The van der Waals surface area contributed by atoms with Crippen molar-refractivity contribution in [3.05, 3.63) is 0 Å². The van der Waals surface area contributed by atoms with Crippen molar-refractivity contribution in [2.45, 2.75) is 83.4 Å². The van der Waals surface area contributed by atoms with Gasteiger partial charge < -0.3 is 33.7 Å². The first-order chi connectivity index (χ1) is 17.3. The van der Waals surface area contributed by atoms with Crippen LogP contribution in [0.3, 0.4) is 0 Å². The Morgan fingerprint density at radius 2 is 1.59 bits per heavy atom. The van der Waals surface area contributed by atoms with E-state index in [1.54, 1.807) is 0 Å². The SMILES string of the molecule is CCSS[C@]1(C(=O)OC)C[C@H](OC(C)=O)[C@@H](NC(C)=O)[C@H]([C@H](OC(C)=O)[C@@H](COC(C)=O)OC(C)=O)O1. The van der Waals surface area contributed by atoms with Crippen LogP contribution >= 0.6 is 21.6 Å². The smallest absolute Gasteiger partial charge is 0.349 e. The molecule has 1 rings (SSSR count). The monoisotopic (exact) mass is 567 g/mol. The molecule has 1 saturated heterocycles. The van der Waals surface area contributed by atoms with Crippen LogP contribution < -0.4 is 5.32 Å². The number of carbonyl (C=O) groups is 6. The summed E-state index contributed by atoms with van der Waals surface area (Å²) in [6.07, 6.45) is -5.76. The molecule has 1 aliphatic rings. The first kappa shape index (κ1) is 32.5. The van der Waals surface area contributed by atoms with Gasteiger partial charge in [0.25, 0.3) is 0 Å². The molecule has 15 heteroatoms. The summed E-state index contributed by atoms with van der Waals surface area (Å²) in [6.45, 7) is 6.94. The van der Waals surface area contributed by atoms with Gasteiger partial charge in [-0.25, -0.2) is 4.79 Å². The van der Waals surface area contributed by atoms with E-state index >= 15 is 0 Å². The molecule has 0 aliphatic carbocycles. The molecule has 0 unspecified atom stereocenters. The number of amides is 1. The zero-order chi connectivity index (χ0) is 28.3. The number of rotatable bonds is 12. The molecule has 6 atom stereocenters. The predicted molar refractivity (Wildman–Crippen MR) is 131 cm³/mol. The Morgan fingerprint density at radius 1 is 0.973 bits per heavy atom. The molecule has 37 heavy (non-hydrogen) atoms. The van der Waals surface area contributed by atoms with Crippen molar-refractivity contribution in [1.29, 1.82) is 0 Å². The third-order valence-electron chi connectivity index (χ3n) is 4.81. The molecule has 0 saturated carbocycles. The molecule has 1 aliphatic heterocycles. The number of methoxy groups -OCH3 is 1. The Hall–Kier alpha value is -2.52. The first-order valence-electron chi connectivity index (χ1n) is 11.2. The zero-order valence-electron chi connectivity index (χ0n) is 21.7. The maximum Gasteiger partial charge on any atom is 0.349 e. The Morgan fingerprint density at radius 3 is 2.05 bits per heavy atom. The van der Waals surface area contributed by atoms with E-state index < -0.39 is 77.8 Å². The molecule has 210 valence electrons. The Kier molecular flexibility index (Phi) is 13.2. The Labute approximate surface area is 222 Å². The molecule has 0 spiro atoms. The zero-order valence-corrected chi connectivity index (χ0v) is 23.4. The fraction of sp³-hybridized carbons (Fsp3) is 0.727. The van der Waals surface area contributed by atoms with E-state index in [0.29, 0.717) is 5.75 Å². The summed E-state index contributed by atoms with van der Waals surface area (Å²) in [5, 5.41) is 2.62. The van der Waals surface area contributed by atoms with Crippen LogP contribution in [0, 0.1) is 0 Å². The van der Waals surface area contributed by atoms with Crippen molar-refractivity contribution in [3.8, 4) is 0 Å². The second-order valence-electron chi connectivity index (χ2n) is 7.92. The number of hydrogen-bond donors (Lipinski definition) is 1. The molecule has 0 aromatic heterocycles. The van der Waals surface area contributed by atoms with Crippen LogP contribution in [0.4, 0.5) is 0 Å². The van der Waals surface area contributed by atoms with Gasteiger partial charge in [-0.3, -0.25) is 24.0 Å². The van der Waals surface area contributed by atoms with Gasteiger partial charge in [0.1, 0.15) is 18.8 Å². The van der Waals surface area contributed by atoms with E-state index in [1.807, 2.05) is 6.92 Å². The second-order valence-corrected chi connectivity index (χ2v) is 10.8. The first-order valence-corrected chi connectivity index (χ1v) is 13.6. The van der Waals surface area contributed by atoms with Crippen molar-refractivity contribution in [1.82, 2.24) is 5.32 Å². The minimum atomic E-state index is -1.78. The second kappa shape index (κ2) is 15.0. The van der Waals surface area contributed by atoms with Crippen LogP contribution in [0.15, 0.2) is 0 Å². The van der Waals surface area contributed by atoms with Gasteiger partial charge in [-0.2, -0.15) is 0 Å². The van der Waals surface area contributed by atoms with E-state index in [4.69, 9.17) is 28.4 Å². The average molecular weight is 568 g/mol. The fourth-order valence-corrected chi connectivity index (χ4v) is 5.93. The third-order valence-corrected chi connectivity index (χ3v) is 7.73. The molecule has 1 N–H and O–H groups in total. The van der Waals surface area contributed by atoms with Crippen molar-refractivity contribution in [3.63, 3.8) is 0 Å². The van der Waals surface area contributed by atoms with E-state index in [9.17, 15) is 28.8 Å². The Balaban J connectivity index is 3.78. The molecule has 1 fully saturated rings. The van der Waals surface area contributed by atoms with Crippen LogP contribution in [0.25, 0.3) is 0 Å². The van der Waals surface area contributed by atoms with Crippen molar-refractivity contribution in [2.24, 2.45) is 0 Å². The van der Waals surface area contributed by atoms with Gasteiger partial charge in [0, 0.05) is 46.8 Å². The Bertz CT molecular complexity index is 869. The normalized spacial score (nSPS) is 24.6. The van der Waals surface area contributed by atoms with Crippen LogP contribution in [0.5, 0.6) is 0 Å². The lowest BCUT2D eigenvalue weighted by Crippen LogP contribution is -2.67. The number of carbonyl (C=O) groups excluding carboxylic acids is 6. The predicted octanol–water partition coefficient (Wildman–Crippen LogP) is 0.909. The van der Waals surface area contributed by atoms with Gasteiger partial charge in [0.05, 0.1) is 13.2 Å². The van der Waals surface area contributed by atoms with E-state index in [0.717, 1.165) is 45.6 Å². The van der Waals surface area contributed by atoms with Gasteiger partial charge in [-0.15, -0.1) is 0 Å². The summed E-state index contributed by atoms with van der Waals surface area (Å²) < 4.78 is 32.5. The van der Waals surface area contributed by atoms with E-state index in [-0.39, 0.29) is 6.42 Å². The number of ether oxygens (including phenoxy) is 6. The van der Waals surface area contributed by atoms with Gasteiger partial charge in [-0.05, 0) is 10.8 Å². The van der Waals surface area contributed by atoms with Gasteiger partial charge >= 0.3 is 29.8 Å². The quantitative estimate of drug-likeness (QED) is 0.200. The lowest BCUT2D eigenvalue weighted by atomic mass is 9.89. The molecule has 0 aromatic rings. The summed E-state index contributed by atoms with van der Waals surface area (Å²) >= 11 is 0. The van der Waals surface area contributed by atoms with Crippen molar-refractivity contribution < 1.29 is 57.2 Å². The van der Waals surface area contributed by atoms with Crippen molar-refractivity contribution in [2.75, 3.05) is 19.5 Å². The molecule has 0 aromatic carbocycles. The highest BCUT2D eigenvalue weighted by Crippen LogP contribution is 2.47. The largest absolute Gasteiger partial charge is 0.466 e.